The van der Waals surface area contributed by atoms with Crippen LogP contribution in [0.5, 0.6) is 11.5 Å². The van der Waals surface area contributed by atoms with Crippen molar-refractivity contribution in [3.63, 3.8) is 0 Å². The third-order valence-corrected chi connectivity index (χ3v) is 6.25. The van der Waals surface area contributed by atoms with E-state index in [4.69, 9.17) is 26.8 Å². The van der Waals surface area contributed by atoms with Crippen molar-refractivity contribution in [1.82, 2.24) is 24.4 Å². The maximum Gasteiger partial charge on any atom is 0.223 e. The Morgan fingerprint density at radius 3 is 2.59 bits per heavy atom. The molecule has 0 aromatic carbocycles. The van der Waals surface area contributed by atoms with Crippen molar-refractivity contribution in [2.75, 3.05) is 40.1 Å². The summed E-state index contributed by atoms with van der Waals surface area (Å²) in [6, 6.07) is 1.80. The van der Waals surface area contributed by atoms with Gasteiger partial charge in [-0.2, -0.15) is 4.98 Å². The Bertz CT molecular complexity index is 1190. The summed E-state index contributed by atoms with van der Waals surface area (Å²) in [5.41, 5.74) is 7.50. The average Bonchev–Trinajstić information content (AvgIpc) is 2.77. The SMILES string of the molecule is COc1cnc(Cn2cc(CC3CCN(C)CC3)c(=O)c3c(Cl)nc(N)nc32)cc1OC. The Morgan fingerprint density at radius 1 is 1.19 bits per heavy atom. The molecule has 9 nitrogen and oxygen atoms in total. The number of pyridine rings is 2. The molecule has 1 aliphatic heterocycles. The van der Waals surface area contributed by atoms with E-state index in [9.17, 15) is 4.79 Å². The van der Waals surface area contributed by atoms with Crippen LogP contribution in [0.25, 0.3) is 11.0 Å². The first-order valence-electron chi connectivity index (χ1n) is 10.5. The van der Waals surface area contributed by atoms with Gasteiger partial charge in [-0.3, -0.25) is 9.78 Å². The van der Waals surface area contributed by atoms with E-state index >= 15 is 0 Å². The Morgan fingerprint density at radius 2 is 1.91 bits per heavy atom. The molecule has 1 saturated heterocycles. The van der Waals surface area contributed by atoms with E-state index in [1.165, 1.54) is 0 Å². The second-order valence-corrected chi connectivity index (χ2v) is 8.52. The van der Waals surface area contributed by atoms with Crippen molar-refractivity contribution < 1.29 is 9.47 Å². The number of hydrogen-bond donors (Lipinski definition) is 1. The molecule has 2 N–H and O–H groups in total. The van der Waals surface area contributed by atoms with Crippen LogP contribution in [0, 0.1) is 5.92 Å². The molecule has 3 aromatic rings. The molecule has 1 fully saturated rings. The van der Waals surface area contributed by atoms with E-state index in [-0.39, 0.29) is 21.9 Å². The van der Waals surface area contributed by atoms with Crippen LogP contribution in [-0.4, -0.2) is 58.8 Å². The number of ether oxygens (including phenoxy) is 2. The lowest BCUT2D eigenvalue weighted by atomic mass is 9.90. The lowest BCUT2D eigenvalue weighted by molar-refractivity contribution is 0.218. The highest BCUT2D eigenvalue weighted by atomic mass is 35.5. The molecule has 10 heteroatoms. The average molecular weight is 459 g/mol. The molecule has 0 aliphatic carbocycles. The number of likely N-dealkylation sites (tertiary alicyclic amines) is 1. The maximum absolute atomic E-state index is 13.3. The van der Waals surface area contributed by atoms with Crippen molar-refractivity contribution in [2.24, 2.45) is 5.92 Å². The Balaban J connectivity index is 1.78. The van der Waals surface area contributed by atoms with E-state index in [1.54, 1.807) is 26.5 Å². The van der Waals surface area contributed by atoms with E-state index < -0.39 is 0 Å². The number of rotatable bonds is 6. The summed E-state index contributed by atoms with van der Waals surface area (Å²) in [6.45, 7) is 2.41. The van der Waals surface area contributed by atoms with Crippen LogP contribution in [0.2, 0.25) is 5.15 Å². The lowest BCUT2D eigenvalue weighted by Crippen LogP contribution is -2.32. The highest BCUT2D eigenvalue weighted by Gasteiger charge is 2.22. The third kappa shape index (κ3) is 4.49. The second-order valence-electron chi connectivity index (χ2n) is 8.16. The Kier molecular flexibility index (Phi) is 6.48. The van der Waals surface area contributed by atoms with Crippen LogP contribution >= 0.6 is 11.6 Å². The minimum atomic E-state index is -0.138. The van der Waals surface area contributed by atoms with Gasteiger partial charge in [-0.15, -0.1) is 0 Å². The van der Waals surface area contributed by atoms with Crippen LogP contribution in [0.1, 0.15) is 24.1 Å². The molecule has 3 aromatic heterocycles. The van der Waals surface area contributed by atoms with Crippen molar-refractivity contribution >= 4 is 28.6 Å². The zero-order valence-electron chi connectivity index (χ0n) is 18.5. The summed E-state index contributed by atoms with van der Waals surface area (Å²) in [5, 5.41) is 0.350. The van der Waals surface area contributed by atoms with Crippen molar-refractivity contribution in [3.05, 3.63) is 45.1 Å². The minimum Gasteiger partial charge on any atom is -0.493 e. The lowest BCUT2D eigenvalue weighted by Gasteiger charge is -2.29. The molecule has 4 heterocycles. The van der Waals surface area contributed by atoms with Gasteiger partial charge in [-0.05, 0) is 45.3 Å². The third-order valence-electron chi connectivity index (χ3n) is 5.97. The molecule has 1 aliphatic rings. The van der Waals surface area contributed by atoms with Crippen molar-refractivity contribution in [1.29, 1.82) is 0 Å². The number of methoxy groups -OCH3 is 2. The van der Waals surface area contributed by atoms with E-state index in [0.29, 0.717) is 47.3 Å². The molecule has 0 radical (unpaired) electrons. The number of nitrogens with zero attached hydrogens (tertiary/aromatic N) is 5. The van der Waals surface area contributed by atoms with Crippen LogP contribution in [-0.2, 0) is 13.0 Å². The number of hydrogen-bond acceptors (Lipinski definition) is 8. The van der Waals surface area contributed by atoms with Gasteiger partial charge in [0.15, 0.2) is 22.6 Å². The van der Waals surface area contributed by atoms with Gasteiger partial charge < -0.3 is 24.7 Å². The van der Waals surface area contributed by atoms with Crippen LogP contribution in [0.15, 0.2) is 23.3 Å². The van der Waals surface area contributed by atoms with E-state index in [0.717, 1.165) is 25.9 Å². The monoisotopic (exact) mass is 458 g/mol. The zero-order chi connectivity index (χ0) is 22.8. The summed E-state index contributed by atoms with van der Waals surface area (Å²) < 4.78 is 12.5. The van der Waals surface area contributed by atoms with E-state index in [2.05, 4.69) is 26.9 Å². The van der Waals surface area contributed by atoms with Gasteiger partial charge in [-0.1, -0.05) is 11.6 Å². The number of piperidine rings is 1. The molecule has 0 bridgehead atoms. The molecule has 4 rings (SSSR count). The molecular weight excluding hydrogens is 432 g/mol. The Hall–Kier alpha value is -2.91. The number of anilines is 1. The molecule has 0 spiro atoms. The topological polar surface area (TPSA) is 108 Å². The summed E-state index contributed by atoms with van der Waals surface area (Å²) in [5.74, 6) is 1.57. The van der Waals surface area contributed by atoms with Gasteiger partial charge in [0, 0.05) is 17.8 Å². The van der Waals surface area contributed by atoms with Gasteiger partial charge in [0.1, 0.15) is 10.5 Å². The van der Waals surface area contributed by atoms with Gasteiger partial charge in [0.05, 0.1) is 32.7 Å². The molecule has 170 valence electrons. The number of nitrogens with two attached hydrogens (primary N) is 1. The fourth-order valence-corrected chi connectivity index (χ4v) is 4.45. The standard InChI is InChI=1S/C22H27ClN6O3/c1-28-6-4-13(5-7-28)8-14-11-29(12-15-9-16(31-2)17(32-3)10-25-15)21-18(19(14)30)20(23)26-22(24)27-21/h9-11,13H,4-8,12H2,1-3H3,(H2,24,26,27). The predicted octanol–water partition coefficient (Wildman–Crippen LogP) is 2.37. The number of halogens is 1. The molecule has 0 amide bonds. The first kappa shape index (κ1) is 22.3. The predicted molar refractivity (Wildman–Crippen MR) is 124 cm³/mol. The fourth-order valence-electron chi connectivity index (χ4n) is 4.19. The van der Waals surface area contributed by atoms with Crippen LogP contribution in [0.3, 0.4) is 0 Å². The number of fused-ring (bicyclic) bond motifs is 1. The minimum absolute atomic E-state index is 0.0130. The zero-order valence-corrected chi connectivity index (χ0v) is 19.2. The molecule has 32 heavy (non-hydrogen) atoms. The first-order valence-corrected chi connectivity index (χ1v) is 10.9. The van der Waals surface area contributed by atoms with Crippen LogP contribution < -0.4 is 20.6 Å². The summed E-state index contributed by atoms with van der Waals surface area (Å²) in [4.78, 5) is 28.4. The summed E-state index contributed by atoms with van der Waals surface area (Å²) >= 11 is 6.36. The van der Waals surface area contributed by atoms with Gasteiger partial charge in [0.2, 0.25) is 5.95 Å². The summed E-state index contributed by atoms with van der Waals surface area (Å²) in [6.07, 6.45) is 6.25. The molecule has 0 unspecified atom stereocenters. The second kappa shape index (κ2) is 9.30. The Labute approximate surface area is 191 Å². The van der Waals surface area contributed by atoms with Crippen molar-refractivity contribution in [2.45, 2.75) is 25.8 Å². The normalized spacial score (nSPS) is 15.2. The highest BCUT2D eigenvalue weighted by Crippen LogP contribution is 2.27. The smallest absolute Gasteiger partial charge is 0.223 e. The van der Waals surface area contributed by atoms with E-state index in [1.807, 2.05) is 10.8 Å². The van der Waals surface area contributed by atoms with Crippen molar-refractivity contribution in [3.8, 4) is 11.5 Å². The largest absolute Gasteiger partial charge is 0.493 e. The van der Waals surface area contributed by atoms with Gasteiger partial charge in [0.25, 0.3) is 0 Å². The summed E-state index contributed by atoms with van der Waals surface area (Å²) in [7, 11) is 5.26. The number of nitrogen functional groups attached to an aromatic ring is 1. The number of aromatic nitrogens is 4. The maximum atomic E-state index is 13.3. The molecule has 0 saturated carbocycles. The highest BCUT2D eigenvalue weighted by molar-refractivity contribution is 6.34. The fraction of sp³-hybridized carbons (Fsp3) is 0.455. The van der Waals surface area contributed by atoms with Gasteiger partial charge in [-0.25, -0.2) is 4.98 Å². The molecular formula is C22H27ClN6O3. The molecule has 0 atom stereocenters. The first-order chi connectivity index (χ1) is 15.4. The van der Waals surface area contributed by atoms with Gasteiger partial charge >= 0.3 is 0 Å². The van der Waals surface area contributed by atoms with Crippen LogP contribution in [0.4, 0.5) is 5.95 Å². The quantitative estimate of drug-likeness (QED) is 0.561.